The predicted octanol–water partition coefficient (Wildman–Crippen LogP) is 11.1. The van der Waals surface area contributed by atoms with Crippen molar-refractivity contribution in [3.05, 3.63) is 126 Å². The van der Waals surface area contributed by atoms with Gasteiger partial charge in [-0.2, -0.15) is 0 Å². The van der Waals surface area contributed by atoms with Crippen LogP contribution in [0, 0.1) is 17.8 Å². The molecule has 0 aliphatic rings. The van der Waals surface area contributed by atoms with Crippen molar-refractivity contribution >= 4 is 32.7 Å². The molecule has 4 aromatic carbocycles. The molecule has 0 unspecified atom stereocenters. The molecule has 0 aliphatic heterocycles. The van der Waals surface area contributed by atoms with Gasteiger partial charge in [0.25, 0.3) is 0 Å². The zero-order valence-electron chi connectivity index (χ0n) is 27.6. The summed E-state index contributed by atoms with van der Waals surface area (Å²) in [5.74, 6) is 1.76. The number of benzene rings is 4. The first-order valence-corrected chi connectivity index (χ1v) is 16.7. The molecule has 0 N–H and O–H groups in total. The molecule has 0 spiro atoms. The van der Waals surface area contributed by atoms with Gasteiger partial charge in [0.15, 0.2) is 0 Å². The molecule has 0 atom stereocenters. The van der Waals surface area contributed by atoms with Gasteiger partial charge >= 0.3 is 0 Å². The van der Waals surface area contributed by atoms with Gasteiger partial charge in [-0.1, -0.05) is 96.1 Å². The van der Waals surface area contributed by atoms with Crippen molar-refractivity contribution in [2.45, 2.75) is 60.8 Å². The number of nitrogens with zero attached hydrogens (tertiary/aromatic N) is 3. The highest BCUT2D eigenvalue weighted by molar-refractivity contribution is 5.89. The Balaban J connectivity index is 1.51. The minimum Gasteiger partial charge on any atom is -0.316 e. The molecule has 0 fully saturated rings. The topological polar surface area (TPSA) is 14.8 Å². The van der Waals surface area contributed by atoms with Gasteiger partial charge in [0, 0.05) is 51.8 Å². The Kier molecular flexibility index (Phi) is 7.65. The standard InChI is InChI=1S/C42H45N3/c1-28(2)19-31-25-43(40-16-10-7-13-37(31)40)34-22-35(44-26-32(20-29(3)4)38-14-8-11-17-41(38)44)24-36(23-34)45-27-33(21-30(5)6)39-15-9-12-18-42(39)45/h7-18,22-30H,19-21H2,1-6H3. The lowest BCUT2D eigenvalue weighted by atomic mass is 10.0. The van der Waals surface area contributed by atoms with E-state index in [4.69, 9.17) is 0 Å². The van der Waals surface area contributed by atoms with E-state index in [1.807, 2.05) is 0 Å². The van der Waals surface area contributed by atoms with Crippen LogP contribution >= 0.6 is 0 Å². The van der Waals surface area contributed by atoms with E-state index in [0.717, 1.165) is 19.3 Å². The van der Waals surface area contributed by atoms with E-state index in [0.29, 0.717) is 17.8 Å². The molecule has 0 saturated heterocycles. The first kappa shape index (κ1) is 29.2. The van der Waals surface area contributed by atoms with Gasteiger partial charge in [0.05, 0.1) is 16.6 Å². The average Bonchev–Trinajstić information content (AvgIpc) is 3.69. The maximum Gasteiger partial charge on any atom is 0.0531 e. The van der Waals surface area contributed by atoms with Crippen LogP contribution in [-0.4, -0.2) is 13.7 Å². The van der Waals surface area contributed by atoms with Crippen LogP contribution in [0.1, 0.15) is 58.2 Å². The lowest BCUT2D eigenvalue weighted by Gasteiger charge is -2.15. The van der Waals surface area contributed by atoms with Crippen molar-refractivity contribution < 1.29 is 0 Å². The molecule has 0 aliphatic carbocycles. The van der Waals surface area contributed by atoms with Gasteiger partial charge in [0.2, 0.25) is 0 Å². The summed E-state index contributed by atoms with van der Waals surface area (Å²) >= 11 is 0. The normalized spacial score (nSPS) is 12.2. The fraction of sp³-hybridized carbons (Fsp3) is 0.286. The minimum atomic E-state index is 0.586. The van der Waals surface area contributed by atoms with E-state index in [9.17, 15) is 0 Å². The zero-order valence-corrected chi connectivity index (χ0v) is 27.6. The Labute approximate surface area is 267 Å². The van der Waals surface area contributed by atoms with Crippen LogP contribution in [0.3, 0.4) is 0 Å². The van der Waals surface area contributed by atoms with Crippen molar-refractivity contribution in [3.63, 3.8) is 0 Å². The predicted molar refractivity (Wildman–Crippen MR) is 193 cm³/mol. The molecule has 45 heavy (non-hydrogen) atoms. The van der Waals surface area contributed by atoms with E-state index in [1.165, 1.54) is 66.5 Å². The SMILES string of the molecule is CC(C)Cc1cn(-c2cc(-n3cc(CC(C)C)c4ccccc43)cc(-n3cc(CC(C)C)c4ccccc43)c2)c2ccccc12. The van der Waals surface area contributed by atoms with Gasteiger partial charge in [-0.15, -0.1) is 0 Å². The van der Waals surface area contributed by atoms with Crippen LogP contribution in [0.5, 0.6) is 0 Å². The molecule has 3 heteroatoms. The summed E-state index contributed by atoms with van der Waals surface area (Å²) < 4.78 is 7.25. The summed E-state index contributed by atoms with van der Waals surface area (Å²) in [6.07, 6.45) is 10.3. The number of hydrogen-bond acceptors (Lipinski definition) is 0. The fourth-order valence-electron chi connectivity index (χ4n) is 7.20. The van der Waals surface area contributed by atoms with E-state index in [1.54, 1.807) is 0 Å². The smallest absolute Gasteiger partial charge is 0.0531 e. The van der Waals surface area contributed by atoms with E-state index >= 15 is 0 Å². The first-order valence-electron chi connectivity index (χ1n) is 16.7. The van der Waals surface area contributed by atoms with Gasteiger partial charge in [-0.3, -0.25) is 0 Å². The molecular weight excluding hydrogens is 546 g/mol. The molecular formula is C42H45N3. The van der Waals surface area contributed by atoms with Crippen molar-refractivity contribution in [1.82, 2.24) is 13.7 Å². The Bertz CT molecular complexity index is 1870. The van der Waals surface area contributed by atoms with Crippen LogP contribution in [-0.2, 0) is 19.3 Å². The second-order valence-electron chi connectivity index (χ2n) is 14.1. The third-order valence-corrected chi connectivity index (χ3v) is 8.99. The third kappa shape index (κ3) is 5.50. The molecule has 228 valence electrons. The second kappa shape index (κ2) is 11.8. The Morgan fingerprint density at radius 3 is 0.933 bits per heavy atom. The number of hydrogen-bond donors (Lipinski definition) is 0. The summed E-state index contributed by atoms with van der Waals surface area (Å²) in [5.41, 5.74) is 11.5. The number of rotatable bonds is 9. The summed E-state index contributed by atoms with van der Waals surface area (Å²) in [6, 6.07) is 33.8. The molecule has 0 bridgehead atoms. The Morgan fingerprint density at radius 1 is 0.400 bits per heavy atom. The van der Waals surface area contributed by atoms with Crippen molar-refractivity contribution in [3.8, 4) is 17.1 Å². The lowest BCUT2D eigenvalue weighted by Crippen LogP contribution is -2.02. The molecule has 0 saturated carbocycles. The van der Waals surface area contributed by atoms with Crippen LogP contribution in [0.15, 0.2) is 110 Å². The van der Waals surface area contributed by atoms with Crippen molar-refractivity contribution in [2.24, 2.45) is 17.8 Å². The van der Waals surface area contributed by atoms with Crippen LogP contribution in [0.2, 0.25) is 0 Å². The van der Waals surface area contributed by atoms with Gasteiger partial charge in [-0.25, -0.2) is 0 Å². The van der Waals surface area contributed by atoms with Gasteiger partial charge in [-0.05, 0) is 90.1 Å². The van der Waals surface area contributed by atoms with Gasteiger partial charge < -0.3 is 13.7 Å². The Morgan fingerprint density at radius 2 is 0.667 bits per heavy atom. The maximum absolute atomic E-state index is 2.42. The van der Waals surface area contributed by atoms with E-state index in [2.05, 4.69) is 165 Å². The van der Waals surface area contributed by atoms with Crippen molar-refractivity contribution in [1.29, 1.82) is 0 Å². The average molecular weight is 592 g/mol. The minimum absolute atomic E-state index is 0.586. The number of para-hydroxylation sites is 3. The van der Waals surface area contributed by atoms with Crippen LogP contribution in [0.4, 0.5) is 0 Å². The lowest BCUT2D eigenvalue weighted by molar-refractivity contribution is 0.649. The number of aromatic nitrogens is 3. The maximum atomic E-state index is 2.42. The van der Waals surface area contributed by atoms with Crippen LogP contribution in [0.25, 0.3) is 49.8 Å². The summed E-state index contributed by atoms with van der Waals surface area (Å²) in [5, 5.41) is 4.03. The summed E-state index contributed by atoms with van der Waals surface area (Å²) in [7, 11) is 0. The highest BCUT2D eigenvalue weighted by Gasteiger charge is 2.18. The molecule has 0 amide bonds. The Hall–Kier alpha value is -4.50. The molecule has 7 rings (SSSR count). The number of fused-ring (bicyclic) bond motifs is 3. The zero-order chi connectivity index (χ0) is 31.2. The first-order chi connectivity index (χ1) is 21.8. The second-order valence-corrected chi connectivity index (χ2v) is 14.1. The largest absolute Gasteiger partial charge is 0.316 e. The van der Waals surface area contributed by atoms with Crippen LogP contribution < -0.4 is 0 Å². The fourth-order valence-corrected chi connectivity index (χ4v) is 7.20. The molecule has 7 aromatic rings. The van der Waals surface area contributed by atoms with Gasteiger partial charge in [0.1, 0.15) is 0 Å². The third-order valence-electron chi connectivity index (χ3n) is 8.99. The quantitative estimate of drug-likeness (QED) is 0.159. The highest BCUT2D eigenvalue weighted by atomic mass is 15.0. The molecule has 3 heterocycles. The molecule has 0 radical (unpaired) electrons. The molecule has 3 aromatic heterocycles. The summed E-state index contributed by atoms with van der Waals surface area (Å²) in [4.78, 5) is 0. The highest BCUT2D eigenvalue weighted by Crippen LogP contribution is 2.34. The van der Waals surface area contributed by atoms with Crippen molar-refractivity contribution in [2.75, 3.05) is 0 Å². The summed E-state index contributed by atoms with van der Waals surface area (Å²) in [6.45, 7) is 13.8. The molecule has 3 nitrogen and oxygen atoms in total. The van der Waals surface area contributed by atoms with E-state index < -0.39 is 0 Å². The monoisotopic (exact) mass is 591 g/mol. The van der Waals surface area contributed by atoms with E-state index in [-0.39, 0.29) is 0 Å².